The normalized spacial score (nSPS) is 20.7. The van der Waals surface area contributed by atoms with Crippen molar-refractivity contribution in [3.8, 4) is 11.5 Å². The summed E-state index contributed by atoms with van der Waals surface area (Å²) in [6, 6.07) is 11.5. The van der Waals surface area contributed by atoms with Crippen molar-refractivity contribution in [1.82, 2.24) is 9.88 Å². The van der Waals surface area contributed by atoms with Crippen LogP contribution in [0.15, 0.2) is 70.3 Å². The molecular formula is C28H26ClF2N3O2. The number of piperidine rings is 1. The van der Waals surface area contributed by atoms with Crippen molar-refractivity contribution in [2.45, 2.75) is 43.8 Å². The summed E-state index contributed by atoms with van der Waals surface area (Å²) in [5.74, 6) is -0.165. The molecule has 1 unspecified atom stereocenters. The number of alkyl halides is 1. The fourth-order valence-electron chi connectivity index (χ4n) is 5.02. The molecule has 36 heavy (non-hydrogen) atoms. The number of furan rings is 1. The Labute approximate surface area is 213 Å². The monoisotopic (exact) mass is 509 g/mol. The number of allylic oxidation sites excluding steroid dienone is 1. The molecule has 2 aliphatic heterocycles. The Bertz CT molecular complexity index is 1320. The zero-order chi connectivity index (χ0) is 25.3. The fourth-order valence-corrected chi connectivity index (χ4v) is 5.20. The number of hydrogen-bond donors (Lipinski definition) is 0. The summed E-state index contributed by atoms with van der Waals surface area (Å²) in [6.45, 7) is 2.50. The number of carbonyl (C=O) groups is 1. The molecule has 8 heteroatoms. The van der Waals surface area contributed by atoms with Crippen molar-refractivity contribution < 1.29 is 18.0 Å². The SMILES string of the molecule is Cc1ccc(CC2(CC3(F)CCN(C(=O)c4ccc(F)c(Cl)c4)CC3)C=CC=N2)nc1-c1ccco1. The third-order valence-corrected chi connectivity index (χ3v) is 7.25. The van der Waals surface area contributed by atoms with E-state index in [4.69, 9.17) is 21.0 Å². The number of amides is 1. The number of aryl methyl sites for hydroxylation is 1. The van der Waals surface area contributed by atoms with E-state index in [0.29, 0.717) is 17.7 Å². The first-order valence-electron chi connectivity index (χ1n) is 11.9. The molecule has 0 aliphatic carbocycles. The van der Waals surface area contributed by atoms with Crippen molar-refractivity contribution in [2.24, 2.45) is 4.99 Å². The summed E-state index contributed by atoms with van der Waals surface area (Å²) in [4.78, 5) is 23.9. The number of hydrogen-bond acceptors (Lipinski definition) is 4. The van der Waals surface area contributed by atoms with Crippen molar-refractivity contribution in [3.63, 3.8) is 0 Å². The Hall–Kier alpha value is -3.32. The molecule has 2 aliphatic rings. The number of carbonyl (C=O) groups excluding carboxylic acids is 1. The van der Waals surface area contributed by atoms with Crippen LogP contribution in [0, 0.1) is 12.7 Å². The van der Waals surface area contributed by atoms with Crippen LogP contribution in [-0.2, 0) is 6.42 Å². The predicted octanol–water partition coefficient (Wildman–Crippen LogP) is 6.40. The number of benzene rings is 1. The molecule has 1 atom stereocenters. The molecule has 0 spiro atoms. The van der Waals surface area contributed by atoms with Gasteiger partial charge in [-0.1, -0.05) is 23.7 Å². The average molecular weight is 510 g/mol. The highest BCUT2D eigenvalue weighted by molar-refractivity contribution is 6.31. The maximum absolute atomic E-state index is 16.1. The summed E-state index contributed by atoms with van der Waals surface area (Å²) in [6.07, 6.45) is 8.16. The molecule has 1 aromatic carbocycles. The molecule has 2 aromatic heterocycles. The second kappa shape index (κ2) is 9.62. The van der Waals surface area contributed by atoms with Gasteiger partial charge in [0.15, 0.2) is 5.76 Å². The summed E-state index contributed by atoms with van der Waals surface area (Å²) < 4.78 is 35.2. The molecule has 0 saturated carbocycles. The molecular weight excluding hydrogens is 484 g/mol. The highest BCUT2D eigenvalue weighted by Gasteiger charge is 2.44. The van der Waals surface area contributed by atoms with Crippen molar-refractivity contribution in [3.05, 3.63) is 88.5 Å². The van der Waals surface area contributed by atoms with E-state index in [0.717, 1.165) is 17.0 Å². The number of aromatic nitrogens is 1. The minimum Gasteiger partial charge on any atom is -0.463 e. The van der Waals surface area contributed by atoms with Gasteiger partial charge in [0, 0.05) is 43.4 Å². The number of nitrogens with zero attached hydrogens (tertiary/aromatic N) is 3. The van der Waals surface area contributed by atoms with E-state index in [1.807, 2.05) is 43.3 Å². The van der Waals surface area contributed by atoms with E-state index >= 15 is 4.39 Å². The summed E-state index contributed by atoms with van der Waals surface area (Å²) in [5.41, 5.74) is 0.632. The molecule has 5 nitrogen and oxygen atoms in total. The largest absolute Gasteiger partial charge is 0.463 e. The molecule has 3 aromatic rings. The van der Waals surface area contributed by atoms with E-state index in [1.165, 1.54) is 18.2 Å². The Kier molecular flexibility index (Phi) is 6.51. The van der Waals surface area contributed by atoms with Crippen LogP contribution in [0.2, 0.25) is 5.02 Å². The Balaban J connectivity index is 1.29. The lowest BCUT2D eigenvalue weighted by atomic mass is 9.78. The zero-order valence-corrected chi connectivity index (χ0v) is 20.6. The topological polar surface area (TPSA) is 58.7 Å². The first-order chi connectivity index (χ1) is 17.3. The quantitative estimate of drug-likeness (QED) is 0.386. The van der Waals surface area contributed by atoms with Crippen LogP contribution in [0.5, 0.6) is 0 Å². The van der Waals surface area contributed by atoms with E-state index in [9.17, 15) is 9.18 Å². The van der Waals surface area contributed by atoms with E-state index < -0.39 is 17.0 Å². The Morgan fingerprint density at radius 1 is 1.19 bits per heavy atom. The predicted molar refractivity (Wildman–Crippen MR) is 136 cm³/mol. The molecule has 4 heterocycles. The van der Waals surface area contributed by atoms with Gasteiger partial charge in [-0.3, -0.25) is 9.79 Å². The van der Waals surface area contributed by atoms with Crippen LogP contribution in [0.25, 0.3) is 11.5 Å². The van der Waals surface area contributed by atoms with Crippen LogP contribution in [0.4, 0.5) is 8.78 Å². The van der Waals surface area contributed by atoms with Gasteiger partial charge in [0.25, 0.3) is 5.91 Å². The van der Waals surface area contributed by atoms with Crippen molar-refractivity contribution >= 4 is 23.7 Å². The smallest absolute Gasteiger partial charge is 0.253 e. The first-order valence-corrected chi connectivity index (χ1v) is 12.3. The molecule has 186 valence electrons. The Morgan fingerprint density at radius 2 is 2.00 bits per heavy atom. The lowest BCUT2D eigenvalue weighted by Gasteiger charge is -2.40. The number of rotatable bonds is 6. The van der Waals surface area contributed by atoms with Gasteiger partial charge >= 0.3 is 0 Å². The standard InChI is InChI=1S/C28H26ClF2N3O2/c1-19-5-7-21(33-25(19)24-4-2-15-36-24)17-28(9-3-12-32-28)18-27(31)10-13-34(14-11-27)26(35)20-6-8-23(30)22(29)16-20/h2-9,12,15-16H,10-11,13-14,17-18H2,1H3. The molecule has 5 rings (SSSR count). The second-order valence-electron chi connectivity index (χ2n) is 9.61. The van der Waals surface area contributed by atoms with Crippen molar-refractivity contribution in [2.75, 3.05) is 13.1 Å². The van der Waals surface area contributed by atoms with Crippen LogP contribution in [0.1, 0.15) is 40.9 Å². The van der Waals surface area contributed by atoms with E-state index in [1.54, 1.807) is 17.4 Å². The van der Waals surface area contributed by atoms with Gasteiger partial charge in [0.05, 0.1) is 16.8 Å². The first kappa shape index (κ1) is 24.4. The third kappa shape index (κ3) is 4.98. The highest BCUT2D eigenvalue weighted by Crippen LogP contribution is 2.40. The molecule has 1 fully saturated rings. The lowest BCUT2D eigenvalue weighted by Crippen LogP contribution is -2.48. The number of aliphatic imine (C=N–C) groups is 1. The van der Waals surface area contributed by atoms with Gasteiger partial charge in [0.2, 0.25) is 0 Å². The molecule has 0 radical (unpaired) electrons. The van der Waals surface area contributed by atoms with E-state index in [-0.39, 0.29) is 43.3 Å². The van der Waals surface area contributed by atoms with Gasteiger partial charge in [-0.25, -0.2) is 13.8 Å². The Morgan fingerprint density at radius 3 is 2.67 bits per heavy atom. The number of pyridine rings is 1. The summed E-state index contributed by atoms with van der Waals surface area (Å²) >= 11 is 5.83. The lowest BCUT2D eigenvalue weighted by molar-refractivity contribution is 0.0322. The summed E-state index contributed by atoms with van der Waals surface area (Å²) in [7, 11) is 0. The van der Waals surface area contributed by atoms with Gasteiger partial charge in [-0.15, -0.1) is 0 Å². The van der Waals surface area contributed by atoms with Crippen LogP contribution >= 0.6 is 11.6 Å². The second-order valence-corrected chi connectivity index (χ2v) is 10.0. The van der Waals surface area contributed by atoms with E-state index in [2.05, 4.69) is 4.99 Å². The zero-order valence-electron chi connectivity index (χ0n) is 19.9. The van der Waals surface area contributed by atoms with Gasteiger partial charge in [-0.05, 0) is 67.8 Å². The average Bonchev–Trinajstić information content (AvgIpc) is 3.55. The molecule has 0 bridgehead atoms. The minimum atomic E-state index is -1.49. The molecule has 1 amide bonds. The van der Waals surface area contributed by atoms with Gasteiger partial charge in [-0.2, -0.15) is 0 Å². The maximum atomic E-state index is 16.1. The van der Waals surface area contributed by atoms with Crippen LogP contribution in [-0.4, -0.2) is 46.3 Å². The maximum Gasteiger partial charge on any atom is 0.253 e. The van der Waals surface area contributed by atoms with Gasteiger partial charge in [0.1, 0.15) is 17.2 Å². The highest BCUT2D eigenvalue weighted by atomic mass is 35.5. The third-order valence-electron chi connectivity index (χ3n) is 6.96. The van der Waals surface area contributed by atoms with Crippen molar-refractivity contribution in [1.29, 1.82) is 0 Å². The van der Waals surface area contributed by atoms with Crippen LogP contribution in [0.3, 0.4) is 0 Å². The minimum absolute atomic E-state index is 0.106. The van der Waals surface area contributed by atoms with Gasteiger partial charge < -0.3 is 9.32 Å². The summed E-state index contributed by atoms with van der Waals surface area (Å²) in [5, 5.41) is -0.106. The fraction of sp³-hybridized carbons (Fsp3) is 0.321. The number of likely N-dealkylation sites (tertiary alicyclic amines) is 1. The van der Waals surface area contributed by atoms with Crippen LogP contribution < -0.4 is 0 Å². The number of halogens is 3. The molecule has 1 saturated heterocycles. The molecule has 0 N–H and O–H groups in total.